The van der Waals surface area contributed by atoms with Crippen LogP contribution in [-0.4, -0.2) is 209 Å². The third-order valence-electron chi connectivity index (χ3n) is 16.3. The smallest absolute Gasteiger partial charge is 0.318 e. The number of non-ortho nitro benzene ring substituents is 4. The van der Waals surface area contributed by atoms with Gasteiger partial charge in [0.15, 0.2) is 95.2 Å². The molecule has 0 unspecified atom stereocenters. The zero-order valence-electron chi connectivity index (χ0n) is 76.1. The normalized spacial score (nSPS) is 9.17. The molecule has 0 aliphatic rings. The predicted molar refractivity (Wildman–Crippen MR) is 510 cm³/mol. The van der Waals surface area contributed by atoms with Crippen molar-refractivity contribution < 1.29 is 188 Å². The number of phenols is 13. The van der Waals surface area contributed by atoms with Crippen LogP contribution in [0.3, 0.4) is 0 Å². The van der Waals surface area contributed by atoms with E-state index in [0.29, 0.717) is 109 Å². The monoisotopic (exact) mass is 2090 g/mol. The Kier molecular flexibility index (Phi) is 57.0. The molecule has 12 rings (SSSR count). The van der Waals surface area contributed by atoms with E-state index in [4.69, 9.17) is 66.4 Å². The van der Waals surface area contributed by atoms with Crippen molar-refractivity contribution in [2.24, 2.45) is 0 Å². The van der Waals surface area contributed by atoms with Crippen LogP contribution in [0.1, 0.15) is 173 Å². The van der Waals surface area contributed by atoms with E-state index in [0.717, 1.165) is 97.1 Å². The van der Waals surface area contributed by atoms with Crippen molar-refractivity contribution in [3.05, 3.63) is 395 Å². The Hall–Kier alpha value is -23.2. The second-order valence-corrected chi connectivity index (χ2v) is 25.9. The van der Waals surface area contributed by atoms with Gasteiger partial charge in [-0.05, 0) is 66.7 Å². The van der Waals surface area contributed by atoms with Crippen LogP contribution < -0.4 is 0 Å². The van der Waals surface area contributed by atoms with Gasteiger partial charge in [0, 0.05) is 133 Å². The van der Waals surface area contributed by atoms with E-state index < -0.39 is 180 Å². The largest absolute Gasteiger partial charge is 0.504 e. The van der Waals surface area contributed by atoms with Crippen LogP contribution in [0.2, 0.25) is 0 Å². The number of benzene rings is 12. The van der Waals surface area contributed by atoms with E-state index in [1.54, 1.807) is 48.5 Å². The lowest BCUT2D eigenvalue weighted by Gasteiger charge is -1.99. The van der Waals surface area contributed by atoms with Crippen molar-refractivity contribution in [3.63, 3.8) is 0 Å². The summed E-state index contributed by atoms with van der Waals surface area (Å²) in [7, 11) is 0. The first-order valence-electron chi connectivity index (χ1n) is 39.4. The van der Waals surface area contributed by atoms with E-state index in [1.807, 2.05) is 27.7 Å². The van der Waals surface area contributed by atoms with Crippen LogP contribution in [-0.2, 0) is 0 Å². The molecule has 12 aromatic rings. The third kappa shape index (κ3) is 43.1. The Bertz CT molecular complexity index is 6880. The average Bonchev–Trinajstić information content (AvgIpc) is 0.811. The molecule has 782 valence electrons. The van der Waals surface area contributed by atoms with Gasteiger partial charge in [-0.3, -0.25) is 178 Å². The molecule has 0 amide bonds. The molecule has 0 bridgehead atoms. The van der Waals surface area contributed by atoms with Gasteiger partial charge in [-0.25, -0.2) is 0 Å². The maximum Gasteiger partial charge on any atom is 0.318 e. The Labute approximate surface area is 832 Å². The fourth-order valence-corrected chi connectivity index (χ4v) is 9.47. The molecular formula is C90H73N11O49. The summed E-state index contributed by atoms with van der Waals surface area (Å²) in [5.41, 5.74) is -4.40. The minimum absolute atomic E-state index is 0.0606. The van der Waals surface area contributed by atoms with Crippen LogP contribution in [0.15, 0.2) is 206 Å². The molecule has 60 heteroatoms. The highest BCUT2D eigenvalue weighted by Gasteiger charge is 2.28. The topological polar surface area (TPSA) is 977 Å². The summed E-state index contributed by atoms with van der Waals surface area (Å²) in [6.45, 7) is 8.00. The Morgan fingerprint density at radius 2 is 0.433 bits per heavy atom. The molecule has 60 nitrogen and oxygen atoms in total. The third-order valence-corrected chi connectivity index (χ3v) is 16.3. The molecule has 12 aromatic carbocycles. The Morgan fingerprint density at radius 3 is 0.793 bits per heavy atom. The molecular weight excluding hydrogens is 2020 g/mol. The zero-order valence-corrected chi connectivity index (χ0v) is 76.1. The summed E-state index contributed by atoms with van der Waals surface area (Å²) in [5, 5.41) is 229. The molecule has 0 heterocycles. The van der Waals surface area contributed by atoms with Crippen molar-refractivity contribution in [3.8, 4) is 74.7 Å². The van der Waals surface area contributed by atoms with Gasteiger partial charge in [-0.1, -0.05) is 82.3 Å². The number of aldehydes is 14. The second kappa shape index (κ2) is 66.4. The average molecular weight is 2090 g/mol. The molecule has 0 atom stereocenters. The highest BCUT2D eigenvalue weighted by Crippen LogP contribution is 2.40. The summed E-state index contributed by atoms with van der Waals surface area (Å²) in [4.78, 5) is 247. The van der Waals surface area contributed by atoms with E-state index in [9.17, 15) is 178 Å². The highest BCUT2D eigenvalue weighted by atomic mass is 16.7. The van der Waals surface area contributed by atoms with Gasteiger partial charge in [0.05, 0.1) is 83.5 Å². The molecule has 0 saturated heterocycles. The lowest BCUT2D eigenvalue weighted by atomic mass is 10.1. The second-order valence-electron chi connectivity index (χ2n) is 25.9. The van der Waals surface area contributed by atoms with Crippen molar-refractivity contribution >= 4 is 151 Å². The molecule has 150 heavy (non-hydrogen) atoms. The fourth-order valence-electron chi connectivity index (χ4n) is 9.47. The fraction of sp³-hybridized carbons (Fsp3) is 0.0444. The van der Waals surface area contributed by atoms with E-state index in [1.165, 1.54) is 54.6 Å². The number of phenolic OH excluding ortho intramolecular Hbond substituents is 13. The van der Waals surface area contributed by atoms with E-state index >= 15 is 0 Å². The minimum atomic E-state index is -1.06. The number of hydrogen-bond donors (Lipinski definition) is 13. The lowest BCUT2D eigenvalue weighted by Crippen LogP contribution is -1.96. The van der Waals surface area contributed by atoms with Crippen LogP contribution in [0.25, 0.3) is 0 Å². The van der Waals surface area contributed by atoms with Gasteiger partial charge < -0.3 is 66.4 Å². The zero-order chi connectivity index (χ0) is 115. The molecule has 0 aliphatic carbocycles. The van der Waals surface area contributed by atoms with Gasteiger partial charge in [0.1, 0.15) is 50.3 Å². The Morgan fingerprint density at radius 1 is 0.160 bits per heavy atom. The van der Waals surface area contributed by atoms with Crippen LogP contribution in [0.4, 0.5) is 62.6 Å². The maximum absolute atomic E-state index is 10.4. The summed E-state index contributed by atoms with van der Waals surface area (Å²) >= 11 is 0. The standard InChI is InChI=1S/2C8H6O2.2C7H4N2O6.C7H4N2O5.2C7H5NO5.2C7H5NO4.C7H5NO3.C7H6O4.C7H6O3.2C2H6/c9-5-7-2-1-3-8(4-7)6-10;9-5-7-3-1-2-4-8(7)6-10;10-3-4-1-5(8(12)13)2-6(7(4)11)9(14)15;10-3-4-1-5(8(12)13)7(11)6(2-4)9(14)15;10-4-5-1-6(8(11)12)3-7(2-5)9(13)14;9-3-4-1-6(10)7(11)2-5(4)8(12)13;9-3-4-1-5(8(12)13)7(11)6(10)2-4;9-4-5-1-2-7(10)6(3-5)8(11)12;9-4-5-1-2-6(8(11)12)7(10)3-5;9-5-6-2-1-3-7(4-6)8(10)11;8-3-4-1-5(9)7(11)6(10)2-4;8-4-5-1-2-6(9)7(10)3-5;2*1-2/h2*1-6H;2*1-3,11H;1-4H;2*1-3,10-11H;2*1-4,10H;1-5H;1-3,9-11H;1-4,9-10H;2*1-2H3. The molecule has 0 spiro atoms. The number of hydrogen-bond acceptors (Lipinski definition) is 49. The number of nitro groups is 11. The van der Waals surface area contributed by atoms with Crippen LogP contribution in [0, 0.1) is 111 Å². The Balaban J connectivity index is 0. The molecule has 0 radical (unpaired) electrons. The minimum Gasteiger partial charge on any atom is -0.504 e. The van der Waals surface area contributed by atoms with Crippen molar-refractivity contribution in [2.45, 2.75) is 27.7 Å². The first-order chi connectivity index (χ1) is 70.8. The summed E-state index contributed by atoms with van der Waals surface area (Å²) in [5.74, 6) is -7.70. The summed E-state index contributed by atoms with van der Waals surface area (Å²) in [6, 6.07) is 40.5. The molecule has 0 saturated carbocycles. The van der Waals surface area contributed by atoms with Crippen molar-refractivity contribution in [1.82, 2.24) is 0 Å². The maximum atomic E-state index is 10.4. The van der Waals surface area contributed by atoms with Gasteiger partial charge in [-0.2, -0.15) is 0 Å². The number of carbonyl (C=O) groups is 14. The van der Waals surface area contributed by atoms with Gasteiger partial charge >= 0.3 is 34.1 Å². The number of rotatable bonds is 25. The first kappa shape index (κ1) is 129. The SMILES string of the molecule is CC.CC.O=Cc1cc(O)c(O)c(O)c1.O=Cc1cc(O)c(O)c([N+](=O)[O-])c1.O=Cc1cc(O)c(O)cc1[N+](=O)[O-].O=Cc1cc([N+](=O)[O-])c(O)c([N+](=O)[O-])c1.O=Cc1cc([N+](=O)[O-])cc([N+](=O)[O-])c1.O=Cc1cc([N+](=O)[O-])cc([N+](=O)[O-])c1O.O=Cc1ccc(O)c(O)c1.O=Cc1ccc(O)c([N+](=O)[O-])c1.O=Cc1ccc([N+](=O)[O-])c(O)c1.O=Cc1cccc(C=O)c1.O=Cc1cccc([N+](=O)[O-])c1.O=Cc1ccccc1C=O. The van der Waals surface area contributed by atoms with Gasteiger partial charge in [-0.15, -0.1) is 0 Å². The van der Waals surface area contributed by atoms with Crippen molar-refractivity contribution in [2.75, 3.05) is 0 Å². The highest BCUT2D eigenvalue weighted by molar-refractivity contribution is 5.91. The van der Waals surface area contributed by atoms with E-state index in [2.05, 4.69) is 0 Å². The molecule has 0 aliphatic heterocycles. The number of aromatic hydroxyl groups is 13. The van der Waals surface area contributed by atoms with Gasteiger partial charge in [0.25, 0.3) is 34.2 Å². The first-order valence-corrected chi connectivity index (χ1v) is 39.4. The molecule has 0 aromatic heterocycles. The lowest BCUT2D eigenvalue weighted by molar-refractivity contribution is -0.396. The van der Waals surface area contributed by atoms with Crippen LogP contribution in [0.5, 0.6) is 74.7 Å². The van der Waals surface area contributed by atoms with Crippen LogP contribution >= 0.6 is 0 Å². The van der Waals surface area contributed by atoms with E-state index in [-0.39, 0.29) is 75.0 Å². The summed E-state index contributed by atoms with van der Waals surface area (Å²) in [6.07, 6.45) is 6.60. The molecule has 13 N–H and O–H groups in total. The van der Waals surface area contributed by atoms with Crippen molar-refractivity contribution in [1.29, 1.82) is 0 Å². The predicted octanol–water partition coefficient (Wildman–Crippen LogP) is 14.8. The quantitative estimate of drug-likeness (QED) is 0.0109. The number of nitrogens with zero attached hydrogens (tertiary/aromatic N) is 11. The molecule has 0 fully saturated rings. The number of nitro benzene ring substituents is 11. The summed E-state index contributed by atoms with van der Waals surface area (Å²) < 4.78 is 0. The van der Waals surface area contributed by atoms with Gasteiger partial charge in [0.2, 0.25) is 11.5 Å². The number of carbonyl (C=O) groups excluding carboxylic acids is 14.